The van der Waals surface area contributed by atoms with E-state index in [1.165, 1.54) is 15.6 Å². The van der Waals surface area contributed by atoms with Crippen LogP contribution in [0.3, 0.4) is 0 Å². The third-order valence-electron chi connectivity index (χ3n) is 6.21. The molecule has 0 aliphatic carbocycles. The Morgan fingerprint density at radius 3 is 2.64 bits per heavy atom. The molecule has 1 saturated heterocycles. The lowest BCUT2D eigenvalue weighted by Crippen LogP contribution is -2.47. The largest absolute Gasteiger partial charge is 0.353 e. The van der Waals surface area contributed by atoms with Crippen molar-refractivity contribution < 1.29 is 4.79 Å². The number of hydrogen-bond acceptors (Lipinski definition) is 5. The summed E-state index contributed by atoms with van der Waals surface area (Å²) in [6, 6.07) is 24.3. The predicted octanol–water partition coefficient (Wildman–Crippen LogP) is 5.22. The van der Waals surface area contributed by atoms with Gasteiger partial charge >= 0.3 is 0 Å². The van der Waals surface area contributed by atoms with Crippen molar-refractivity contribution in [1.82, 2.24) is 9.27 Å². The van der Waals surface area contributed by atoms with Crippen LogP contribution in [0.4, 0.5) is 11.5 Å². The van der Waals surface area contributed by atoms with Crippen LogP contribution in [-0.2, 0) is 6.42 Å². The van der Waals surface area contributed by atoms with E-state index in [4.69, 9.17) is 4.37 Å². The highest BCUT2D eigenvalue weighted by molar-refractivity contribution is 7.13. The molecule has 0 saturated carbocycles. The van der Waals surface area contributed by atoms with E-state index in [-0.39, 0.29) is 5.91 Å². The lowest BCUT2D eigenvalue weighted by Gasteiger charge is -2.35. The average molecular weight is 457 g/mol. The number of nitrogens with zero attached hydrogens (tertiary/aromatic N) is 3. The van der Waals surface area contributed by atoms with Crippen LogP contribution in [0.15, 0.2) is 72.8 Å². The molecule has 1 N–H and O–H groups in total. The molecule has 1 aromatic heterocycles. The highest BCUT2D eigenvalue weighted by atomic mass is 32.1. The molecule has 5 nitrogen and oxygen atoms in total. The molecule has 0 radical (unpaired) electrons. The zero-order valence-corrected chi connectivity index (χ0v) is 19.6. The van der Waals surface area contributed by atoms with Crippen molar-refractivity contribution in [1.29, 1.82) is 0 Å². The van der Waals surface area contributed by atoms with Crippen molar-refractivity contribution in [2.45, 2.75) is 13.3 Å². The molecule has 5 rings (SSSR count). The Balaban J connectivity index is 1.14. The Bertz CT molecular complexity index is 1260. The first kappa shape index (κ1) is 21.6. The van der Waals surface area contributed by atoms with Crippen LogP contribution >= 0.6 is 11.5 Å². The van der Waals surface area contributed by atoms with Crippen molar-refractivity contribution in [3.05, 3.63) is 89.5 Å². The number of amides is 1. The molecule has 0 unspecified atom stereocenters. The SMILES string of the molecule is Cc1cccc(C(=O)Nc2cccc(CCN3CCN(c4nsc5ccccc45)CC3)c2)c1. The molecule has 4 aromatic rings. The second kappa shape index (κ2) is 9.73. The van der Waals surface area contributed by atoms with Gasteiger partial charge in [0.05, 0.1) is 4.70 Å². The molecule has 168 valence electrons. The number of benzene rings is 3. The third kappa shape index (κ3) is 5.07. The first-order chi connectivity index (χ1) is 16.2. The van der Waals surface area contributed by atoms with Crippen LogP contribution in [-0.4, -0.2) is 47.9 Å². The smallest absolute Gasteiger partial charge is 0.255 e. The summed E-state index contributed by atoms with van der Waals surface area (Å²) in [5.74, 6) is 1.06. The first-order valence-corrected chi connectivity index (χ1v) is 12.2. The molecule has 33 heavy (non-hydrogen) atoms. The minimum Gasteiger partial charge on any atom is -0.353 e. The van der Waals surface area contributed by atoms with E-state index in [2.05, 4.69) is 51.5 Å². The monoisotopic (exact) mass is 456 g/mol. The number of rotatable bonds is 6. The van der Waals surface area contributed by atoms with E-state index in [9.17, 15) is 4.79 Å². The summed E-state index contributed by atoms with van der Waals surface area (Å²) in [7, 11) is 0. The quantitative estimate of drug-likeness (QED) is 0.432. The van der Waals surface area contributed by atoms with Crippen LogP contribution < -0.4 is 10.2 Å². The molecule has 1 fully saturated rings. The van der Waals surface area contributed by atoms with Crippen molar-refractivity contribution >= 4 is 39.0 Å². The number of aromatic nitrogens is 1. The van der Waals surface area contributed by atoms with E-state index in [1.807, 2.05) is 43.3 Å². The molecular formula is C27H28N4OS. The Morgan fingerprint density at radius 2 is 1.79 bits per heavy atom. The standard InChI is InChI=1S/C27H28N4OS/c1-20-6-4-8-22(18-20)27(32)28-23-9-5-7-21(19-23)12-13-30-14-16-31(17-15-30)26-24-10-2-3-11-25(24)33-29-26/h2-11,18-19H,12-17H2,1H3,(H,28,32). The van der Waals surface area contributed by atoms with Crippen molar-refractivity contribution in [2.24, 2.45) is 0 Å². The van der Waals surface area contributed by atoms with Gasteiger partial charge in [0.1, 0.15) is 5.82 Å². The van der Waals surface area contributed by atoms with Crippen LogP contribution in [0.2, 0.25) is 0 Å². The van der Waals surface area contributed by atoms with Gasteiger partial charge in [-0.1, -0.05) is 42.0 Å². The molecule has 0 atom stereocenters. The van der Waals surface area contributed by atoms with Crippen LogP contribution in [0, 0.1) is 6.92 Å². The Kier molecular flexibility index (Phi) is 6.37. The van der Waals surface area contributed by atoms with E-state index >= 15 is 0 Å². The maximum atomic E-state index is 12.6. The normalized spacial score (nSPS) is 14.5. The Labute approximate surface area is 198 Å². The predicted molar refractivity (Wildman–Crippen MR) is 138 cm³/mol. The summed E-state index contributed by atoms with van der Waals surface area (Å²) in [6.07, 6.45) is 0.966. The molecule has 6 heteroatoms. The fraction of sp³-hybridized carbons (Fsp3) is 0.259. The van der Waals surface area contributed by atoms with Crippen molar-refractivity contribution in [2.75, 3.05) is 42.9 Å². The number of carbonyl (C=O) groups excluding carboxylic acids is 1. The summed E-state index contributed by atoms with van der Waals surface area (Å²) in [4.78, 5) is 17.5. The van der Waals surface area contributed by atoms with Gasteiger partial charge in [0.2, 0.25) is 0 Å². The van der Waals surface area contributed by atoms with Crippen molar-refractivity contribution in [3.8, 4) is 0 Å². The van der Waals surface area contributed by atoms with E-state index in [0.29, 0.717) is 5.56 Å². The fourth-order valence-electron chi connectivity index (χ4n) is 4.37. The highest BCUT2D eigenvalue weighted by Crippen LogP contribution is 2.29. The first-order valence-electron chi connectivity index (χ1n) is 11.4. The van der Waals surface area contributed by atoms with Crippen LogP contribution in [0.5, 0.6) is 0 Å². The number of aryl methyl sites for hydroxylation is 1. The zero-order valence-electron chi connectivity index (χ0n) is 18.8. The molecular weight excluding hydrogens is 428 g/mol. The zero-order chi connectivity index (χ0) is 22.6. The van der Waals surface area contributed by atoms with E-state index < -0.39 is 0 Å². The third-order valence-corrected chi connectivity index (χ3v) is 7.03. The molecule has 2 heterocycles. The summed E-state index contributed by atoms with van der Waals surface area (Å²) in [6.45, 7) is 7.09. The number of nitrogens with one attached hydrogen (secondary N) is 1. The van der Waals surface area contributed by atoms with Gasteiger partial charge in [-0.3, -0.25) is 9.69 Å². The minimum absolute atomic E-state index is 0.0680. The Hall–Kier alpha value is -3.22. The molecule has 0 bridgehead atoms. The second-order valence-corrected chi connectivity index (χ2v) is 9.41. The molecule has 3 aromatic carbocycles. The highest BCUT2D eigenvalue weighted by Gasteiger charge is 2.20. The van der Waals surface area contributed by atoms with E-state index in [0.717, 1.165) is 56.2 Å². The Morgan fingerprint density at radius 1 is 0.970 bits per heavy atom. The van der Waals surface area contributed by atoms with Crippen LogP contribution in [0.25, 0.3) is 10.1 Å². The lowest BCUT2D eigenvalue weighted by molar-refractivity contribution is 0.102. The van der Waals surface area contributed by atoms with Crippen molar-refractivity contribution in [3.63, 3.8) is 0 Å². The molecule has 1 amide bonds. The number of hydrogen-bond donors (Lipinski definition) is 1. The maximum Gasteiger partial charge on any atom is 0.255 e. The topological polar surface area (TPSA) is 48.5 Å². The van der Waals surface area contributed by atoms with Gasteiger partial charge in [0.25, 0.3) is 5.91 Å². The van der Waals surface area contributed by atoms with Crippen LogP contribution in [0.1, 0.15) is 21.5 Å². The maximum absolute atomic E-state index is 12.6. The molecule has 1 aliphatic rings. The van der Waals surface area contributed by atoms with Gasteiger partial charge in [0.15, 0.2) is 0 Å². The summed E-state index contributed by atoms with van der Waals surface area (Å²) < 4.78 is 5.97. The average Bonchev–Trinajstić information content (AvgIpc) is 3.28. The lowest BCUT2D eigenvalue weighted by atomic mass is 10.1. The number of fused-ring (bicyclic) bond motifs is 1. The van der Waals surface area contributed by atoms with Gasteiger partial charge in [0, 0.05) is 49.4 Å². The van der Waals surface area contributed by atoms with Gasteiger partial charge in [-0.15, -0.1) is 0 Å². The second-order valence-electron chi connectivity index (χ2n) is 8.61. The minimum atomic E-state index is -0.0680. The summed E-state index contributed by atoms with van der Waals surface area (Å²) >= 11 is 1.59. The van der Waals surface area contributed by atoms with E-state index in [1.54, 1.807) is 11.5 Å². The van der Waals surface area contributed by atoms with Gasteiger partial charge < -0.3 is 10.2 Å². The molecule has 0 spiro atoms. The number of piperazine rings is 1. The number of anilines is 2. The van der Waals surface area contributed by atoms with Gasteiger partial charge in [-0.25, -0.2) is 0 Å². The molecule has 1 aliphatic heterocycles. The summed E-state index contributed by atoms with van der Waals surface area (Å²) in [5, 5.41) is 4.30. The fourth-order valence-corrected chi connectivity index (χ4v) is 5.16. The van der Waals surface area contributed by atoms with Gasteiger partial charge in [-0.2, -0.15) is 4.37 Å². The van der Waals surface area contributed by atoms with Gasteiger partial charge in [-0.05, 0) is 66.8 Å². The summed E-state index contributed by atoms with van der Waals surface area (Å²) in [5.41, 5.74) is 3.86. The number of carbonyl (C=O) groups is 1.